The SMILES string of the molecule is CCn1c(CN2C[C@@H]3NC(=O)c4cccc(c4)OCCCn4cc(nn4)CO[C@H]3C2)nc2ccccc21. The number of imidazole rings is 1. The molecule has 0 aliphatic carbocycles. The molecule has 2 aromatic heterocycles. The van der Waals surface area contributed by atoms with Crippen LogP contribution in [0.3, 0.4) is 0 Å². The van der Waals surface area contributed by atoms with Crippen molar-refractivity contribution in [3.05, 3.63) is 71.8 Å². The number of likely N-dealkylation sites (tertiary alicyclic amines) is 1. The highest BCUT2D eigenvalue weighted by molar-refractivity contribution is 5.94. The molecule has 0 unspecified atom stereocenters. The van der Waals surface area contributed by atoms with Gasteiger partial charge in [-0.3, -0.25) is 14.4 Å². The number of benzene rings is 2. The van der Waals surface area contributed by atoms with Crippen LogP contribution in [-0.2, 0) is 31.0 Å². The first kappa shape index (κ1) is 23.6. The lowest BCUT2D eigenvalue weighted by atomic mass is 10.1. The standard InChI is InChI=1S/C27H31N7O3/c1-2-34-24-10-4-3-9-22(24)28-26(34)17-32-15-23-25(16-32)37-18-20-14-33(31-30-20)11-6-12-36-21-8-5-7-19(13-21)27(35)29-23/h3-5,7-10,13-14,23,25H,2,6,11-12,15-18H2,1H3,(H,29,35)/t23-,25-/m0/s1. The third-order valence-corrected chi connectivity index (χ3v) is 7.00. The third kappa shape index (κ3) is 5.07. The van der Waals surface area contributed by atoms with Gasteiger partial charge in [0.05, 0.1) is 49.1 Å². The fraction of sp³-hybridized carbons (Fsp3) is 0.407. The molecule has 1 N–H and O–H groups in total. The number of carbonyl (C=O) groups excluding carboxylic acids is 1. The molecule has 10 nitrogen and oxygen atoms in total. The van der Waals surface area contributed by atoms with Crippen LogP contribution in [0.2, 0.25) is 0 Å². The Bertz CT molecular complexity index is 1400. The number of ether oxygens (including phenoxy) is 2. The van der Waals surface area contributed by atoms with Crippen molar-refractivity contribution in [2.75, 3.05) is 19.7 Å². The maximum atomic E-state index is 13.2. The molecule has 4 heterocycles. The van der Waals surface area contributed by atoms with Crippen LogP contribution in [0.25, 0.3) is 11.0 Å². The van der Waals surface area contributed by atoms with Gasteiger partial charge in [-0.15, -0.1) is 5.10 Å². The van der Waals surface area contributed by atoms with Crippen molar-refractivity contribution >= 4 is 16.9 Å². The maximum Gasteiger partial charge on any atom is 0.251 e. The average Bonchev–Trinajstić information content (AvgIpc) is 3.62. The summed E-state index contributed by atoms with van der Waals surface area (Å²) in [5.41, 5.74) is 3.48. The van der Waals surface area contributed by atoms with E-state index in [0.29, 0.717) is 50.7 Å². The molecular weight excluding hydrogens is 470 g/mol. The van der Waals surface area contributed by atoms with E-state index in [2.05, 4.69) is 38.1 Å². The first-order chi connectivity index (χ1) is 18.2. The molecule has 37 heavy (non-hydrogen) atoms. The number of nitrogens with one attached hydrogen (secondary N) is 1. The van der Waals surface area contributed by atoms with Crippen molar-refractivity contribution in [3.8, 4) is 5.75 Å². The zero-order valence-corrected chi connectivity index (χ0v) is 20.9. The van der Waals surface area contributed by atoms with E-state index in [1.807, 2.05) is 47.3 Å². The minimum atomic E-state index is -0.194. The predicted molar refractivity (Wildman–Crippen MR) is 137 cm³/mol. The molecule has 2 aromatic carbocycles. The lowest BCUT2D eigenvalue weighted by Gasteiger charge is -2.20. The largest absolute Gasteiger partial charge is 0.494 e. The first-order valence-corrected chi connectivity index (χ1v) is 12.9. The summed E-state index contributed by atoms with van der Waals surface area (Å²) < 4.78 is 16.3. The van der Waals surface area contributed by atoms with Crippen LogP contribution < -0.4 is 10.1 Å². The van der Waals surface area contributed by atoms with E-state index in [9.17, 15) is 4.79 Å². The van der Waals surface area contributed by atoms with Gasteiger partial charge in [0.1, 0.15) is 17.3 Å². The molecule has 10 heteroatoms. The highest BCUT2D eigenvalue weighted by atomic mass is 16.5. The Morgan fingerprint density at radius 1 is 1.14 bits per heavy atom. The van der Waals surface area contributed by atoms with Crippen molar-refractivity contribution in [2.24, 2.45) is 0 Å². The minimum absolute atomic E-state index is 0.135. The number of aryl methyl sites for hydroxylation is 2. The second-order valence-electron chi connectivity index (χ2n) is 9.59. The fourth-order valence-electron chi connectivity index (χ4n) is 5.19. The van der Waals surface area contributed by atoms with Crippen molar-refractivity contribution < 1.29 is 14.3 Å². The molecule has 0 saturated carbocycles. The highest BCUT2D eigenvalue weighted by Gasteiger charge is 2.35. The van der Waals surface area contributed by atoms with Crippen molar-refractivity contribution in [3.63, 3.8) is 0 Å². The molecule has 2 atom stereocenters. The second-order valence-corrected chi connectivity index (χ2v) is 9.59. The quantitative estimate of drug-likeness (QED) is 0.461. The topological polar surface area (TPSA) is 99.3 Å². The molecule has 1 amide bonds. The summed E-state index contributed by atoms with van der Waals surface area (Å²) in [6, 6.07) is 15.4. The van der Waals surface area contributed by atoms with Gasteiger partial charge in [0.2, 0.25) is 0 Å². The lowest BCUT2D eigenvalue weighted by Crippen LogP contribution is -2.44. The lowest BCUT2D eigenvalue weighted by molar-refractivity contribution is 0.0292. The van der Waals surface area contributed by atoms with Gasteiger partial charge in [0, 0.05) is 38.2 Å². The zero-order chi connectivity index (χ0) is 25.2. The van der Waals surface area contributed by atoms with E-state index in [1.54, 1.807) is 6.07 Å². The molecule has 0 spiro atoms. The molecule has 4 bridgehead atoms. The summed E-state index contributed by atoms with van der Waals surface area (Å²) >= 11 is 0. The highest BCUT2D eigenvalue weighted by Crippen LogP contribution is 2.22. The van der Waals surface area contributed by atoms with Gasteiger partial charge in [0.15, 0.2) is 0 Å². The Labute approximate surface area is 215 Å². The molecule has 1 saturated heterocycles. The molecule has 6 rings (SSSR count). The van der Waals surface area contributed by atoms with Gasteiger partial charge in [-0.2, -0.15) is 0 Å². The van der Waals surface area contributed by atoms with Gasteiger partial charge in [-0.05, 0) is 37.3 Å². The van der Waals surface area contributed by atoms with Gasteiger partial charge in [-0.1, -0.05) is 23.4 Å². The maximum absolute atomic E-state index is 13.2. The van der Waals surface area contributed by atoms with Crippen LogP contribution in [0.1, 0.15) is 35.2 Å². The second kappa shape index (κ2) is 10.3. The van der Waals surface area contributed by atoms with Gasteiger partial charge in [-0.25, -0.2) is 4.98 Å². The molecule has 4 aromatic rings. The van der Waals surface area contributed by atoms with Crippen molar-refractivity contribution in [1.82, 2.24) is 34.8 Å². The average molecular weight is 502 g/mol. The van der Waals surface area contributed by atoms with E-state index in [0.717, 1.165) is 35.5 Å². The van der Waals surface area contributed by atoms with Gasteiger partial charge >= 0.3 is 0 Å². The minimum Gasteiger partial charge on any atom is -0.494 e. The van der Waals surface area contributed by atoms with Crippen molar-refractivity contribution in [1.29, 1.82) is 0 Å². The Hall–Kier alpha value is -3.76. The molecule has 0 radical (unpaired) electrons. The van der Waals surface area contributed by atoms with E-state index >= 15 is 0 Å². The third-order valence-electron chi connectivity index (χ3n) is 7.00. The van der Waals surface area contributed by atoms with E-state index in [4.69, 9.17) is 14.5 Å². The monoisotopic (exact) mass is 501 g/mol. The van der Waals surface area contributed by atoms with Gasteiger partial charge < -0.3 is 19.4 Å². The van der Waals surface area contributed by atoms with Crippen LogP contribution in [0.5, 0.6) is 5.75 Å². The van der Waals surface area contributed by atoms with E-state index in [1.165, 1.54) is 0 Å². The number of hydrogen-bond donors (Lipinski definition) is 1. The fourth-order valence-corrected chi connectivity index (χ4v) is 5.19. The summed E-state index contributed by atoms with van der Waals surface area (Å²) in [5, 5.41) is 11.7. The normalized spacial score (nSPS) is 20.9. The summed E-state index contributed by atoms with van der Waals surface area (Å²) in [5.74, 6) is 1.56. The van der Waals surface area contributed by atoms with Crippen LogP contribution in [0.4, 0.5) is 0 Å². The number of nitrogens with zero attached hydrogens (tertiary/aromatic N) is 6. The Kier molecular flexibility index (Phi) is 6.58. The van der Waals surface area contributed by atoms with Gasteiger partial charge in [0.25, 0.3) is 5.91 Å². The van der Waals surface area contributed by atoms with Crippen LogP contribution in [0.15, 0.2) is 54.7 Å². The summed E-state index contributed by atoms with van der Waals surface area (Å²) in [6.07, 6.45) is 2.50. The molecule has 1 fully saturated rings. The Morgan fingerprint density at radius 3 is 2.97 bits per heavy atom. The Balaban J connectivity index is 1.25. The number of para-hydroxylation sites is 2. The Morgan fingerprint density at radius 2 is 2.05 bits per heavy atom. The predicted octanol–water partition coefficient (Wildman–Crippen LogP) is 2.63. The van der Waals surface area contributed by atoms with Crippen LogP contribution in [0, 0.1) is 0 Å². The summed E-state index contributed by atoms with van der Waals surface area (Å²) in [7, 11) is 0. The molecular formula is C27H31N7O3. The summed E-state index contributed by atoms with van der Waals surface area (Å²) in [6.45, 7) is 6.56. The smallest absolute Gasteiger partial charge is 0.251 e. The van der Waals surface area contributed by atoms with E-state index < -0.39 is 0 Å². The van der Waals surface area contributed by atoms with Crippen LogP contribution >= 0.6 is 0 Å². The number of amides is 1. The first-order valence-electron chi connectivity index (χ1n) is 12.9. The van der Waals surface area contributed by atoms with Crippen molar-refractivity contribution in [2.45, 2.75) is 51.7 Å². The number of carbonyl (C=O) groups is 1. The molecule has 2 aliphatic heterocycles. The molecule has 192 valence electrons. The number of hydrogen-bond acceptors (Lipinski definition) is 7. The summed E-state index contributed by atoms with van der Waals surface area (Å²) in [4.78, 5) is 20.4. The number of fused-ring (bicyclic) bond motifs is 6. The molecule has 2 aliphatic rings. The number of aromatic nitrogens is 5. The number of rotatable bonds is 3. The van der Waals surface area contributed by atoms with E-state index in [-0.39, 0.29) is 18.1 Å². The van der Waals surface area contributed by atoms with Crippen LogP contribution in [-0.4, -0.2) is 67.2 Å². The zero-order valence-electron chi connectivity index (χ0n) is 20.9.